The van der Waals surface area contributed by atoms with Crippen molar-refractivity contribution in [2.24, 2.45) is 5.92 Å². The molecule has 0 unspecified atom stereocenters. The highest BCUT2D eigenvalue weighted by atomic mass is 19.1. The molecule has 2 aromatic rings. The number of hydrogen-bond donors (Lipinski definition) is 0. The van der Waals surface area contributed by atoms with Crippen LogP contribution in [-0.4, -0.2) is 23.7 Å². The number of cyclic esters (lactones) is 1. The molecule has 1 aromatic carbocycles. The molecular weight excluding hydrogens is 319 g/mol. The molecule has 0 radical (unpaired) electrons. The van der Waals surface area contributed by atoms with Crippen molar-refractivity contribution >= 4 is 11.9 Å². The lowest BCUT2D eigenvalue weighted by atomic mass is 10.0. The van der Waals surface area contributed by atoms with E-state index in [1.807, 2.05) is 6.07 Å². The Balaban J connectivity index is 1.54. The fourth-order valence-corrected chi connectivity index (χ4v) is 3.48. The van der Waals surface area contributed by atoms with Gasteiger partial charge in [0.15, 0.2) is 0 Å². The number of nitrogens with zero attached hydrogens (tertiary/aromatic N) is 2. The first-order valence-electron chi connectivity index (χ1n) is 8.40. The van der Waals surface area contributed by atoms with Gasteiger partial charge < -0.3 is 4.74 Å². The highest BCUT2D eigenvalue weighted by molar-refractivity contribution is 5.88. The molecule has 0 spiro atoms. The van der Waals surface area contributed by atoms with Gasteiger partial charge >= 0.3 is 6.09 Å². The number of hydrogen-bond acceptors (Lipinski definition) is 3. The van der Waals surface area contributed by atoms with Crippen molar-refractivity contribution in [2.45, 2.75) is 25.3 Å². The Morgan fingerprint density at radius 2 is 1.84 bits per heavy atom. The lowest BCUT2D eigenvalue weighted by Gasteiger charge is -2.35. The van der Waals surface area contributed by atoms with Gasteiger partial charge in [0.25, 0.3) is 0 Å². The molecule has 126 valence electrons. The third kappa shape index (κ3) is 3.20. The van der Waals surface area contributed by atoms with Crippen LogP contribution in [0.1, 0.15) is 30.4 Å². The highest BCUT2D eigenvalue weighted by Crippen LogP contribution is 2.36. The summed E-state index contributed by atoms with van der Waals surface area (Å²) in [5.41, 5.74) is 1.47. The van der Waals surface area contributed by atoms with Crippen molar-refractivity contribution in [2.75, 3.05) is 11.5 Å². The summed E-state index contributed by atoms with van der Waals surface area (Å²) in [7, 11) is 0. The van der Waals surface area contributed by atoms with Crippen molar-refractivity contribution in [1.29, 1.82) is 0 Å². The van der Waals surface area contributed by atoms with E-state index in [9.17, 15) is 9.18 Å². The summed E-state index contributed by atoms with van der Waals surface area (Å²) in [6, 6.07) is 9.85. The fraction of sp³-hybridized carbons (Fsp3) is 0.300. The summed E-state index contributed by atoms with van der Waals surface area (Å²) < 4.78 is 18.2. The van der Waals surface area contributed by atoms with E-state index in [0.717, 1.165) is 30.4 Å². The molecular formula is C20H17FN2O2. The van der Waals surface area contributed by atoms with Gasteiger partial charge in [-0.2, -0.15) is 0 Å². The molecule has 2 atom stereocenters. The van der Waals surface area contributed by atoms with Crippen LogP contribution >= 0.6 is 0 Å². The Labute approximate surface area is 145 Å². The molecule has 1 aromatic heterocycles. The normalized spacial score (nSPS) is 22.0. The SMILES string of the molecule is O=C1OC[C@H]2CCC[C@H]2N1c1ccc(C#Cc2ccc(F)cc2)cn1. The standard InChI is InChI=1S/C20H17FN2O2/c21-17-9-6-14(7-10-17)4-5-15-8-11-19(22-12-15)23-18-3-1-2-16(18)13-25-20(23)24/h6-12,16,18H,1-3,13H2/t16-,18-/m1/s1. The molecule has 0 N–H and O–H groups in total. The summed E-state index contributed by atoms with van der Waals surface area (Å²) in [5.74, 6) is 6.69. The number of benzene rings is 1. The maximum absolute atomic E-state index is 12.9. The Bertz CT molecular complexity index is 837. The smallest absolute Gasteiger partial charge is 0.415 e. The molecule has 1 saturated carbocycles. The second kappa shape index (κ2) is 6.56. The molecule has 4 rings (SSSR count). The van der Waals surface area contributed by atoms with Gasteiger partial charge in [-0.15, -0.1) is 0 Å². The number of carbonyl (C=O) groups excluding carboxylic acids is 1. The van der Waals surface area contributed by atoms with Gasteiger partial charge in [0.2, 0.25) is 0 Å². The van der Waals surface area contributed by atoms with Crippen LogP contribution in [-0.2, 0) is 4.74 Å². The first kappa shape index (κ1) is 15.6. The van der Waals surface area contributed by atoms with Gasteiger partial charge in [-0.25, -0.2) is 14.2 Å². The first-order valence-corrected chi connectivity index (χ1v) is 8.40. The van der Waals surface area contributed by atoms with E-state index in [-0.39, 0.29) is 18.0 Å². The van der Waals surface area contributed by atoms with Crippen LogP contribution in [0.15, 0.2) is 42.6 Å². The minimum Gasteiger partial charge on any atom is -0.449 e. The van der Waals surface area contributed by atoms with E-state index in [1.54, 1.807) is 29.3 Å². The first-order chi connectivity index (χ1) is 12.2. The molecule has 1 aliphatic carbocycles. The van der Waals surface area contributed by atoms with Crippen molar-refractivity contribution in [3.8, 4) is 11.8 Å². The number of anilines is 1. The molecule has 5 heteroatoms. The lowest BCUT2D eigenvalue weighted by molar-refractivity contribution is 0.104. The van der Waals surface area contributed by atoms with E-state index in [4.69, 9.17) is 4.74 Å². The van der Waals surface area contributed by atoms with Gasteiger partial charge in [-0.3, -0.25) is 4.90 Å². The van der Waals surface area contributed by atoms with E-state index >= 15 is 0 Å². The molecule has 0 bridgehead atoms. The van der Waals surface area contributed by atoms with Gasteiger partial charge in [-0.05, 0) is 49.2 Å². The predicted molar refractivity (Wildman–Crippen MR) is 91.6 cm³/mol. The number of ether oxygens (including phenoxy) is 1. The molecule has 4 nitrogen and oxygen atoms in total. The van der Waals surface area contributed by atoms with Gasteiger partial charge in [0, 0.05) is 29.3 Å². The average Bonchev–Trinajstić information content (AvgIpc) is 3.10. The predicted octanol–water partition coefficient (Wildman–Crippen LogP) is 3.75. The Kier molecular flexibility index (Phi) is 4.10. The van der Waals surface area contributed by atoms with E-state index in [1.165, 1.54) is 12.1 Å². The fourth-order valence-electron chi connectivity index (χ4n) is 3.48. The maximum Gasteiger partial charge on any atom is 0.415 e. The zero-order chi connectivity index (χ0) is 17.2. The second-order valence-electron chi connectivity index (χ2n) is 6.37. The van der Waals surface area contributed by atoms with Crippen LogP contribution in [0.3, 0.4) is 0 Å². The Hall–Kier alpha value is -2.87. The Morgan fingerprint density at radius 3 is 2.60 bits per heavy atom. The number of pyridine rings is 1. The molecule has 1 aliphatic heterocycles. The lowest BCUT2D eigenvalue weighted by Crippen LogP contribution is -2.49. The number of amides is 1. The van der Waals surface area contributed by atoms with Crippen LogP contribution in [0.4, 0.5) is 15.0 Å². The molecule has 1 saturated heterocycles. The summed E-state index contributed by atoms with van der Waals surface area (Å²) in [4.78, 5) is 18.2. The number of rotatable bonds is 1. The topological polar surface area (TPSA) is 42.4 Å². The van der Waals surface area contributed by atoms with Crippen LogP contribution in [0.5, 0.6) is 0 Å². The highest BCUT2D eigenvalue weighted by Gasteiger charge is 2.41. The summed E-state index contributed by atoms with van der Waals surface area (Å²) in [5, 5.41) is 0. The minimum absolute atomic E-state index is 0.185. The third-order valence-corrected chi connectivity index (χ3v) is 4.76. The molecule has 1 amide bonds. The monoisotopic (exact) mass is 336 g/mol. The minimum atomic E-state index is -0.319. The van der Waals surface area contributed by atoms with Crippen molar-refractivity contribution in [1.82, 2.24) is 4.98 Å². The van der Waals surface area contributed by atoms with Gasteiger partial charge in [0.1, 0.15) is 11.6 Å². The molecule has 2 aliphatic rings. The number of halogens is 1. The van der Waals surface area contributed by atoms with Crippen LogP contribution in [0, 0.1) is 23.6 Å². The van der Waals surface area contributed by atoms with E-state index in [0.29, 0.717) is 18.3 Å². The largest absolute Gasteiger partial charge is 0.449 e. The van der Waals surface area contributed by atoms with Crippen molar-refractivity contribution in [3.05, 3.63) is 59.5 Å². The number of aromatic nitrogens is 1. The number of carbonyl (C=O) groups is 1. The van der Waals surface area contributed by atoms with Crippen molar-refractivity contribution in [3.63, 3.8) is 0 Å². The zero-order valence-corrected chi connectivity index (χ0v) is 13.6. The molecule has 2 heterocycles. The zero-order valence-electron chi connectivity index (χ0n) is 13.6. The molecule has 25 heavy (non-hydrogen) atoms. The van der Waals surface area contributed by atoms with Crippen molar-refractivity contribution < 1.29 is 13.9 Å². The number of fused-ring (bicyclic) bond motifs is 1. The van der Waals surface area contributed by atoms with Crippen LogP contribution < -0.4 is 4.90 Å². The second-order valence-corrected chi connectivity index (χ2v) is 6.37. The molecule has 2 fully saturated rings. The van der Waals surface area contributed by atoms with Gasteiger partial charge in [-0.1, -0.05) is 18.3 Å². The Morgan fingerprint density at radius 1 is 1.08 bits per heavy atom. The average molecular weight is 336 g/mol. The third-order valence-electron chi connectivity index (χ3n) is 4.76. The van der Waals surface area contributed by atoms with E-state index in [2.05, 4.69) is 16.8 Å². The summed E-state index contributed by atoms with van der Waals surface area (Å²) in [6.07, 6.45) is 4.53. The van der Waals surface area contributed by atoms with Gasteiger partial charge in [0.05, 0.1) is 6.61 Å². The summed E-state index contributed by atoms with van der Waals surface area (Å²) >= 11 is 0. The van der Waals surface area contributed by atoms with Crippen LogP contribution in [0.2, 0.25) is 0 Å². The van der Waals surface area contributed by atoms with E-state index < -0.39 is 0 Å². The van der Waals surface area contributed by atoms with Crippen LogP contribution in [0.25, 0.3) is 0 Å². The quantitative estimate of drug-likeness (QED) is 0.745. The summed E-state index contributed by atoms with van der Waals surface area (Å²) in [6.45, 7) is 0.515. The maximum atomic E-state index is 12.9.